The predicted molar refractivity (Wildman–Crippen MR) is 53.8 cm³/mol. The number of carbonyl (C=O) groups is 1. The molecule has 1 N–H and O–H groups in total. The van der Waals surface area contributed by atoms with Gasteiger partial charge >= 0.3 is 0 Å². The van der Waals surface area contributed by atoms with E-state index in [-0.39, 0.29) is 11.5 Å². The van der Waals surface area contributed by atoms with E-state index < -0.39 is 0 Å². The molecule has 0 saturated heterocycles. The van der Waals surface area contributed by atoms with Gasteiger partial charge in [0.1, 0.15) is 6.61 Å². The fourth-order valence-corrected chi connectivity index (χ4v) is 1.02. The lowest BCUT2D eigenvalue weighted by molar-refractivity contribution is 0.111. The molecule has 0 aliphatic heterocycles. The standard InChI is InChI=1S/C11H12O3/c1-2-3-7-14-11-9(8-12)5-4-6-10(11)13/h2-6,8,13H,7H2,1H3/b3-2+. The quantitative estimate of drug-likeness (QED) is 0.587. The Morgan fingerprint density at radius 1 is 1.50 bits per heavy atom. The maximum Gasteiger partial charge on any atom is 0.171 e. The highest BCUT2D eigenvalue weighted by molar-refractivity contribution is 5.81. The average Bonchev–Trinajstić information content (AvgIpc) is 2.20. The summed E-state index contributed by atoms with van der Waals surface area (Å²) >= 11 is 0. The molecule has 1 rings (SSSR count). The third kappa shape index (κ3) is 2.36. The molecule has 0 unspecified atom stereocenters. The molecule has 0 bridgehead atoms. The number of allylic oxidation sites excluding steroid dienone is 1. The zero-order valence-electron chi connectivity index (χ0n) is 7.93. The normalized spacial score (nSPS) is 10.4. The third-order valence-corrected chi connectivity index (χ3v) is 1.71. The molecule has 1 aromatic rings. The van der Waals surface area contributed by atoms with Crippen molar-refractivity contribution in [1.29, 1.82) is 0 Å². The Balaban J connectivity index is 2.87. The molecule has 0 radical (unpaired) electrons. The first-order valence-corrected chi connectivity index (χ1v) is 4.30. The van der Waals surface area contributed by atoms with Crippen molar-refractivity contribution in [3.63, 3.8) is 0 Å². The second-order valence-electron chi connectivity index (χ2n) is 2.69. The van der Waals surface area contributed by atoms with Crippen molar-refractivity contribution in [2.24, 2.45) is 0 Å². The number of hydrogen-bond donors (Lipinski definition) is 1. The van der Waals surface area contributed by atoms with E-state index in [4.69, 9.17) is 4.74 Å². The molecule has 0 aliphatic carbocycles. The second kappa shape index (κ2) is 5.07. The molecule has 14 heavy (non-hydrogen) atoms. The number of phenolic OH excluding ortho intramolecular Hbond substituents is 1. The summed E-state index contributed by atoms with van der Waals surface area (Å²) in [5, 5.41) is 9.41. The maximum absolute atomic E-state index is 10.6. The number of hydrogen-bond acceptors (Lipinski definition) is 3. The van der Waals surface area contributed by atoms with Crippen molar-refractivity contribution in [2.45, 2.75) is 6.92 Å². The van der Waals surface area contributed by atoms with Crippen molar-refractivity contribution < 1.29 is 14.6 Å². The van der Waals surface area contributed by atoms with Gasteiger partial charge in [-0.2, -0.15) is 0 Å². The number of benzene rings is 1. The van der Waals surface area contributed by atoms with Gasteiger partial charge in [-0.15, -0.1) is 0 Å². The topological polar surface area (TPSA) is 46.5 Å². The smallest absolute Gasteiger partial charge is 0.171 e. The van der Waals surface area contributed by atoms with Crippen molar-refractivity contribution in [3.8, 4) is 11.5 Å². The van der Waals surface area contributed by atoms with Crippen LogP contribution in [0.2, 0.25) is 0 Å². The van der Waals surface area contributed by atoms with Gasteiger partial charge in [0.25, 0.3) is 0 Å². The lowest BCUT2D eigenvalue weighted by atomic mass is 10.2. The highest BCUT2D eigenvalue weighted by Gasteiger charge is 2.06. The van der Waals surface area contributed by atoms with Crippen LogP contribution in [0.3, 0.4) is 0 Å². The molecule has 0 amide bonds. The zero-order valence-corrected chi connectivity index (χ0v) is 7.93. The molecule has 0 heterocycles. The Hall–Kier alpha value is -1.77. The molecule has 0 saturated carbocycles. The lowest BCUT2D eigenvalue weighted by Gasteiger charge is -2.07. The molecular weight excluding hydrogens is 180 g/mol. The number of carbonyl (C=O) groups excluding carboxylic acids is 1. The van der Waals surface area contributed by atoms with Gasteiger partial charge in [0.05, 0.1) is 5.56 Å². The minimum Gasteiger partial charge on any atom is -0.504 e. The van der Waals surface area contributed by atoms with Crippen LogP contribution in [0, 0.1) is 0 Å². The summed E-state index contributed by atoms with van der Waals surface area (Å²) < 4.78 is 5.23. The van der Waals surface area contributed by atoms with Crippen LogP contribution < -0.4 is 4.74 Å². The number of aldehydes is 1. The third-order valence-electron chi connectivity index (χ3n) is 1.71. The van der Waals surface area contributed by atoms with Gasteiger partial charge in [-0.1, -0.05) is 18.2 Å². The largest absolute Gasteiger partial charge is 0.504 e. The summed E-state index contributed by atoms with van der Waals surface area (Å²) in [6.07, 6.45) is 4.28. The SMILES string of the molecule is C/C=C/COc1c(O)cccc1C=O. The maximum atomic E-state index is 10.6. The van der Waals surface area contributed by atoms with Crippen LogP contribution in [0.25, 0.3) is 0 Å². The summed E-state index contributed by atoms with van der Waals surface area (Å²) in [7, 11) is 0. The van der Waals surface area contributed by atoms with E-state index >= 15 is 0 Å². The molecule has 1 aromatic carbocycles. The number of rotatable bonds is 4. The Labute approximate surface area is 82.6 Å². The fourth-order valence-electron chi connectivity index (χ4n) is 1.02. The van der Waals surface area contributed by atoms with Gasteiger partial charge in [0, 0.05) is 0 Å². The molecule has 0 spiro atoms. The minimum absolute atomic E-state index is 0.0147. The van der Waals surface area contributed by atoms with Gasteiger partial charge in [-0.25, -0.2) is 0 Å². The van der Waals surface area contributed by atoms with E-state index in [1.807, 2.05) is 13.0 Å². The molecule has 0 atom stereocenters. The summed E-state index contributed by atoms with van der Waals surface area (Å²) in [5.41, 5.74) is 0.356. The van der Waals surface area contributed by atoms with Gasteiger partial charge in [0.15, 0.2) is 17.8 Å². The van der Waals surface area contributed by atoms with E-state index in [2.05, 4.69) is 0 Å². The summed E-state index contributed by atoms with van der Waals surface area (Å²) in [6.45, 7) is 2.21. The highest BCUT2D eigenvalue weighted by Crippen LogP contribution is 2.28. The zero-order chi connectivity index (χ0) is 10.4. The Morgan fingerprint density at radius 2 is 2.29 bits per heavy atom. The molecule has 0 aromatic heterocycles. The number of para-hydroxylation sites is 1. The van der Waals surface area contributed by atoms with Gasteiger partial charge in [-0.05, 0) is 19.1 Å². The van der Waals surface area contributed by atoms with Crippen molar-refractivity contribution in [3.05, 3.63) is 35.9 Å². The van der Waals surface area contributed by atoms with Crippen molar-refractivity contribution in [1.82, 2.24) is 0 Å². The van der Waals surface area contributed by atoms with Crippen molar-refractivity contribution in [2.75, 3.05) is 6.61 Å². The first-order chi connectivity index (χ1) is 6.79. The molecule has 74 valence electrons. The van der Waals surface area contributed by atoms with Crippen LogP contribution in [0.15, 0.2) is 30.4 Å². The van der Waals surface area contributed by atoms with E-state index in [0.29, 0.717) is 18.5 Å². The van der Waals surface area contributed by atoms with E-state index in [1.165, 1.54) is 6.07 Å². The molecule has 3 heteroatoms. The summed E-state index contributed by atoms with van der Waals surface area (Å²) in [5.74, 6) is 0.222. The Kier molecular flexibility index (Phi) is 3.73. The lowest BCUT2D eigenvalue weighted by Crippen LogP contribution is -1.97. The number of ether oxygens (including phenoxy) is 1. The summed E-state index contributed by atoms with van der Waals surface area (Å²) in [6, 6.07) is 4.68. The predicted octanol–water partition coefficient (Wildman–Crippen LogP) is 2.16. The summed E-state index contributed by atoms with van der Waals surface area (Å²) in [4.78, 5) is 10.6. The monoisotopic (exact) mass is 192 g/mol. The average molecular weight is 192 g/mol. The van der Waals surface area contributed by atoms with Gasteiger partial charge in [0.2, 0.25) is 0 Å². The van der Waals surface area contributed by atoms with E-state index in [1.54, 1.807) is 18.2 Å². The first-order valence-electron chi connectivity index (χ1n) is 4.30. The molecular formula is C11H12O3. The van der Waals surface area contributed by atoms with Crippen LogP contribution in [0.5, 0.6) is 11.5 Å². The second-order valence-corrected chi connectivity index (χ2v) is 2.69. The minimum atomic E-state index is -0.0147. The first kappa shape index (κ1) is 10.3. The molecule has 0 fully saturated rings. The van der Waals surface area contributed by atoms with Crippen LogP contribution in [-0.4, -0.2) is 18.0 Å². The van der Waals surface area contributed by atoms with E-state index in [9.17, 15) is 9.90 Å². The van der Waals surface area contributed by atoms with E-state index in [0.717, 1.165) is 0 Å². The Morgan fingerprint density at radius 3 is 2.93 bits per heavy atom. The van der Waals surface area contributed by atoms with Crippen molar-refractivity contribution >= 4 is 6.29 Å². The number of phenols is 1. The molecule has 3 nitrogen and oxygen atoms in total. The van der Waals surface area contributed by atoms with Gasteiger partial charge < -0.3 is 9.84 Å². The van der Waals surface area contributed by atoms with Crippen LogP contribution in [-0.2, 0) is 0 Å². The molecule has 0 aliphatic rings. The van der Waals surface area contributed by atoms with Crippen LogP contribution in [0.4, 0.5) is 0 Å². The highest BCUT2D eigenvalue weighted by atomic mass is 16.5. The Bertz CT molecular complexity index is 342. The van der Waals surface area contributed by atoms with Gasteiger partial charge in [-0.3, -0.25) is 4.79 Å². The van der Waals surface area contributed by atoms with Crippen LogP contribution in [0.1, 0.15) is 17.3 Å². The number of aromatic hydroxyl groups is 1. The fraction of sp³-hybridized carbons (Fsp3) is 0.182. The van der Waals surface area contributed by atoms with Crippen LogP contribution >= 0.6 is 0 Å².